The Labute approximate surface area is 149 Å². The smallest absolute Gasteiger partial charge is 0.253 e. The second-order valence-corrected chi connectivity index (χ2v) is 6.58. The van der Waals surface area contributed by atoms with Gasteiger partial charge in [0.15, 0.2) is 0 Å². The van der Waals surface area contributed by atoms with Gasteiger partial charge in [0.2, 0.25) is 0 Å². The minimum absolute atomic E-state index is 0. The van der Waals surface area contributed by atoms with E-state index in [9.17, 15) is 9.59 Å². The van der Waals surface area contributed by atoms with E-state index in [1.807, 2.05) is 17.9 Å². The van der Waals surface area contributed by atoms with Crippen molar-refractivity contribution >= 4 is 24.2 Å². The molecular weight excluding hydrogens is 326 g/mol. The zero-order valence-electron chi connectivity index (χ0n) is 14.3. The molecule has 0 saturated carbocycles. The molecule has 2 heterocycles. The van der Waals surface area contributed by atoms with E-state index in [-0.39, 0.29) is 24.2 Å². The summed E-state index contributed by atoms with van der Waals surface area (Å²) in [5.74, 6) is -0.00751. The quantitative estimate of drug-likeness (QED) is 0.908. The Morgan fingerprint density at radius 1 is 1.21 bits per heavy atom. The van der Waals surface area contributed by atoms with Gasteiger partial charge in [-0.25, -0.2) is 0 Å². The summed E-state index contributed by atoms with van der Waals surface area (Å²) in [6.45, 7) is 4.15. The van der Waals surface area contributed by atoms with Gasteiger partial charge in [-0.2, -0.15) is 0 Å². The van der Waals surface area contributed by atoms with Crippen molar-refractivity contribution in [3.05, 3.63) is 35.4 Å². The van der Waals surface area contributed by atoms with Crippen LogP contribution in [0, 0.1) is 0 Å². The summed E-state index contributed by atoms with van der Waals surface area (Å²) in [6, 6.07) is 8.09. The summed E-state index contributed by atoms with van der Waals surface area (Å²) < 4.78 is 0. The normalized spacial score (nSPS) is 22.5. The summed E-state index contributed by atoms with van der Waals surface area (Å²) in [6.07, 6.45) is 3.38. The number of hydrogen-bond acceptors (Lipinski definition) is 3. The molecular formula is C18H26ClN3O2. The first-order chi connectivity index (χ1) is 11.1. The van der Waals surface area contributed by atoms with Crippen LogP contribution in [0.2, 0.25) is 0 Å². The Morgan fingerprint density at radius 2 is 1.92 bits per heavy atom. The molecule has 5 nitrogen and oxygen atoms in total. The summed E-state index contributed by atoms with van der Waals surface area (Å²) >= 11 is 0. The molecule has 6 heteroatoms. The van der Waals surface area contributed by atoms with Crippen LogP contribution in [-0.4, -0.2) is 60.4 Å². The standard InChI is InChI=1S/C18H25N3O2.ClH/c1-3-20(2)17(22)13-5-4-6-14(11-13)18(23)21-10-9-15-7-8-16(12-21)19-15;/h4-6,11,15-16,19H,3,7-10,12H2,1-2H3;1H. The number of rotatable bonds is 3. The van der Waals surface area contributed by atoms with Gasteiger partial charge in [0, 0.05) is 49.9 Å². The van der Waals surface area contributed by atoms with Crippen LogP contribution < -0.4 is 5.32 Å². The Bertz CT molecular complexity index is 608. The maximum atomic E-state index is 12.8. The molecule has 2 fully saturated rings. The van der Waals surface area contributed by atoms with Crippen molar-refractivity contribution in [3.8, 4) is 0 Å². The molecule has 2 bridgehead atoms. The molecule has 0 aliphatic carbocycles. The van der Waals surface area contributed by atoms with E-state index in [0.717, 1.165) is 25.9 Å². The molecule has 2 atom stereocenters. The third-order valence-corrected chi connectivity index (χ3v) is 4.99. The zero-order chi connectivity index (χ0) is 16.4. The third-order valence-electron chi connectivity index (χ3n) is 4.99. The van der Waals surface area contributed by atoms with Crippen molar-refractivity contribution in [2.75, 3.05) is 26.7 Å². The molecule has 3 rings (SSSR count). The van der Waals surface area contributed by atoms with Gasteiger partial charge in [0.05, 0.1) is 0 Å². The maximum absolute atomic E-state index is 12.8. The van der Waals surface area contributed by atoms with E-state index >= 15 is 0 Å². The number of likely N-dealkylation sites (tertiary alicyclic amines) is 1. The van der Waals surface area contributed by atoms with E-state index in [0.29, 0.717) is 29.8 Å². The molecule has 24 heavy (non-hydrogen) atoms. The van der Waals surface area contributed by atoms with Crippen LogP contribution in [0.3, 0.4) is 0 Å². The summed E-state index contributed by atoms with van der Waals surface area (Å²) in [5.41, 5.74) is 1.19. The number of carbonyl (C=O) groups excluding carboxylic acids is 2. The molecule has 2 aliphatic heterocycles. The van der Waals surface area contributed by atoms with Gasteiger partial charge in [0.25, 0.3) is 11.8 Å². The Kier molecular flexibility index (Phi) is 6.24. The van der Waals surface area contributed by atoms with Crippen molar-refractivity contribution in [2.45, 2.75) is 38.3 Å². The largest absolute Gasteiger partial charge is 0.342 e. The SMILES string of the molecule is CCN(C)C(=O)c1cccc(C(=O)N2CCC3CCC(C2)N3)c1.Cl. The number of carbonyl (C=O) groups is 2. The second kappa shape index (κ2) is 7.99. The highest BCUT2D eigenvalue weighted by molar-refractivity contribution is 5.99. The summed E-state index contributed by atoms with van der Waals surface area (Å²) in [7, 11) is 1.77. The van der Waals surface area contributed by atoms with Crippen molar-refractivity contribution in [1.29, 1.82) is 0 Å². The van der Waals surface area contributed by atoms with E-state index < -0.39 is 0 Å². The molecule has 132 valence electrons. The highest BCUT2D eigenvalue weighted by Gasteiger charge is 2.31. The van der Waals surface area contributed by atoms with Crippen LogP contribution in [0.1, 0.15) is 46.9 Å². The molecule has 1 aromatic carbocycles. The first-order valence-electron chi connectivity index (χ1n) is 8.49. The highest BCUT2D eigenvalue weighted by atomic mass is 35.5. The molecule has 1 N–H and O–H groups in total. The van der Waals surface area contributed by atoms with Crippen molar-refractivity contribution in [2.24, 2.45) is 0 Å². The minimum atomic E-state index is -0.0428. The zero-order valence-corrected chi connectivity index (χ0v) is 15.1. The van der Waals surface area contributed by atoms with E-state index in [1.54, 1.807) is 30.1 Å². The molecule has 0 aromatic heterocycles. The Morgan fingerprint density at radius 3 is 2.67 bits per heavy atom. The number of nitrogens with zero attached hydrogens (tertiary/aromatic N) is 2. The number of nitrogens with one attached hydrogen (secondary N) is 1. The highest BCUT2D eigenvalue weighted by Crippen LogP contribution is 2.22. The van der Waals surface area contributed by atoms with Gasteiger partial charge in [-0.3, -0.25) is 9.59 Å². The lowest BCUT2D eigenvalue weighted by atomic mass is 10.1. The topological polar surface area (TPSA) is 52.7 Å². The van der Waals surface area contributed by atoms with Gasteiger partial charge in [-0.05, 0) is 44.4 Å². The van der Waals surface area contributed by atoms with Gasteiger partial charge in [-0.15, -0.1) is 12.4 Å². The van der Waals surface area contributed by atoms with Crippen LogP contribution in [0.25, 0.3) is 0 Å². The van der Waals surface area contributed by atoms with Crippen LogP contribution in [-0.2, 0) is 0 Å². The van der Waals surface area contributed by atoms with Crippen LogP contribution in [0.4, 0.5) is 0 Å². The van der Waals surface area contributed by atoms with Gasteiger partial charge < -0.3 is 15.1 Å². The Hall–Kier alpha value is -1.59. The van der Waals surface area contributed by atoms with Crippen molar-refractivity contribution in [3.63, 3.8) is 0 Å². The number of halogens is 1. The van der Waals surface area contributed by atoms with Gasteiger partial charge in [0.1, 0.15) is 0 Å². The molecule has 2 aliphatic rings. The molecule has 0 spiro atoms. The number of benzene rings is 1. The number of amides is 2. The lowest BCUT2D eigenvalue weighted by Crippen LogP contribution is -2.39. The van der Waals surface area contributed by atoms with E-state index in [2.05, 4.69) is 5.32 Å². The fraction of sp³-hybridized carbons (Fsp3) is 0.556. The summed E-state index contributed by atoms with van der Waals surface area (Å²) in [5, 5.41) is 3.59. The maximum Gasteiger partial charge on any atom is 0.253 e. The third kappa shape index (κ3) is 3.90. The molecule has 2 saturated heterocycles. The minimum Gasteiger partial charge on any atom is -0.342 e. The molecule has 1 aromatic rings. The Balaban J connectivity index is 0.00000208. The van der Waals surface area contributed by atoms with Crippen molar-refractivity contribution < 1.29 is 9.59 Å². The van der Waals surface area contributed by atoms with Gasteiger partial charge in [-0.1, -0.05) is 6.07 Å². The van der Waals surface area contributed by atoms with Gasteiger partial charge >= 0.3 is 0 Å². The molecule has 2 amide bonds. The average molecular weight is 352 g/mol. The summed E-state index contributed by atoms with van der Waals surface area (Å²) in [4.78, 5) is 28.7. The molecule has 0 radical (unpaired) electrons. The predicted molar refractivity (Wildman–Crippen MR) is 96.8 cm³/mol. The van der Waals surface area contributed by atoms with Crippen LogP contribution >= 0.6 is 12.4 Å². The van der Waals surface area contributed by atoms with Crippen LogP contribution in [0.5, 0.6) is 0 Å². The van der Waals surface area contributed by atoms with E-state index in [1.165, 1.54) is 6.42 Å². The second-order valence-electron chi connectivity index (χ2n) is 6.58. The number of fused-ring (bicyclic) bond motifs is 2. The lowest BCUT2D eigenvalue weighted by molar-refractivity contribution is 0.0748. The fourth-order valence-corrected chi connectivity index (χ4v) is 3.46. The first-order valence-corrected chi connectivity index (χ1v) is 8.49. The fourth-order valence-electron chi connectivity index (χ4n) is 3.46. The van der Waals surface area contributed by atoms with Crippen LogP contribution in [0.15, 0.2) is 24.3 Å². The molecule has 2 unspecified atom stereocenters. The van der Waals surface area contributed by atoms with E-state index in [4.69, 9.17) is 0 Å². The first kappa shape index (κ1) is 18.7. The number of hydrogen-bond donors (Lipinski definition) is 1. The monoisotopic (exact) mass is 351 g/mol. The van der Waals surface area contributed by atoms with Crippen molar-refractivity contribution in [1.82, 2.24) is 15.1 Å². The lowest BCUT2D eigenvalue weighted by Gasteiger charge is -2.24. The average Bonchev–Trinajstić information content (AvgIpc) is 2.92. The predicted octanol–water partition coefficient (Wildman–Crippen LogP) is 2.17.